The van der Waals surface area contributed by atoms with Gasteiger partial charge in [0, 0.05) is 40.7 Å². The predicted octanol–water partition coefficient (Wildman–Crippen LogP) is 5.81. The molecule has 0 radical (unpaired) electrons. The largest absolute Gasteiger partial charge is 0.456 e. The minimum Gasteiger partial charge on any atom is -0.456 e. The maximum atomic E-state index is 13.7. The van der Waals surface area contributed by atoms with Crippen molar-refractivity contribution in [1.82, 2.24) is 15.1 Å². The molecule has 3 aromatic rings. The van der Waals surface area contributed by atoms with Gasteiger partial charge in [0.2, 0.25) is 0 Å². The molecule has 162 valence electrons. The van der Waals surface area contributed by atoms with E-state index in [-0.39, 0.29) is 5.02 Å². The molecule has 0 amide bonds. The number of nitrogens with one attached hydrogen (secondary N) is 2. The Labute approximate surface area is 186 Å². The first kappa shape index (κ1) is 20.3. The van der Waals surface area contributed by atoms with Crippen molar-refractivity contribution in [3.8, 4) is 22.6 Å². The van der Waals surface area contributed by atoms with Crippen LogP contribution >= 0.6 is 11.6 Å². The van der Waals surface area contributed by atoms with Crippen LogP contribution < -0.4 is 15.4 Å². The average Bonchev–Trinajstić information content (AvgIpc) is 3.27. The Hall–Kier alpha value is -2.57. The van der Waals surface area contributed by atoms with E-state index in [0.29, 0.717) is 17.8 Å². The summed E-state index contributed by atoms with van der Waals surface area (Å²) in [6.07, 6.45) is 8.10. The molecule has 1 fully saturated rings. The molecule has 7 heteroatoms. The summed E-state index contributed by atoms with van der Waals surface area (Å²) < 4.78 is 22.1. The standard InChI is InChI=1S/C24H26ClFN4O/c1-15-2-4-20-23(29-15)7-5-19(24(20)31-18-3-6-22(26)21(25)12-18)16-13-28-30(14-16)17-8-10-27-11-9-17/h3,5-7,12-15,17,27,29H,2,4,8-11H2,1H3/t15-/m0/s1. The normalized spacial score (nSPS) is 19.0. The maximum absolute atomic E-state index is 13.7. The van der Waals surface area contributed by atoms with E-state index in [1.165, 1.54) is 12.1 Å². The molecule has 2 aromatic carbocycles. The predicted molar refractivity (Wildman–Crippen MR) is 122 cm³/mol. The number of rotatable bonds is 4. The highest BCUT2D eigenvalue weighted by Crippen LogP contribution is 2.43. The van der Waals surface area contributed by atoms with Gasteiger partial charge >= 0.3 is 0 Å². The second kappa shape index (κ2) is 8.52. The Kier molecular flexibility index (Phi) is 5.59. The fourth-order valence-electron chi connectivity index (χ4n) is 4.46. The number of anilines is 1. The molecule has 1 saturated heterocycles. The molecule has 2 N–H and O–H groups in total. The third kappa shape index (κ3) is 4.14. The van der Waals surface area contributed by atoms with Crippen molar-refractivity contribution in [1.29, 1.82) is 0 Å². The molecule has 0 bridgehead atoms. The highest BCUT2D eigenvalue weighted by atomic mass is 35.5. The van der Waals surface area contributed by atoms with Gasteiger partial charge in [0.1, 0.15) is 17.3 Å². The van der Waals surface area contributed by atoms with Crippen LogP contribution in [0.5, 0.6) is 11.5 Å². The lowest BCUT2D eigenvalue weighted by atomic mass is 9.94. The van der Waals surface area contributed by atoms with Crippen molar-refractivity contribution in [2.75, 3.05) is 18.4 Å². The molecule has 2 aliphatic heterocycles. The smallest absolute Gasteiger partial charge is 0.142 e. The van der Waals surface area contributed by atoms with Gasteiger partial charge < -0.3 is 15.4 Å². The lowest BCUT2D eigenvalue weighted by Crippen LogP contribution is -2.29. The third-order valence-electron chi connectivity index (χ3n) is 6.20. The summed E-state index contributed by atoms with van der Waals surface area (Å²) in [6, 6.07) is 9.49. The van der Waals surface area contributed by atoms with Gasteiger partial charge in [-0.05, 0) is 70.0 Å². The van der Waals surface area contributed by atoms with Gasteiger partial charge in [-0.2, -0.15) is 5.10 Å². The molecule has 0 spiro atoms. The van der Waals surface area contributed by atoms with Crippen LogP contribution in [0.25, 0.3) is 11.1 Å². The fraction of sp³-hybridized carbons (Fsp3) is 0.375. The molecule has 1 atom stereocenters. The van der Waals surface area contributed by atoms with Crippen molar-refractivity contribution in [3.63, 3.8) is 0 Å². The van der Waals surface area contributed by atoms with Gasteiger partial charge in [0.15, 0.2) is 0 Å². The SMILES string of the molecule is C[C@H]1CCc2c(ccc(-c3cnn(C4CCNCC4)c3)c2Oc2ccc(F)c(Cl)c2)N1. The molecular weight excluding hydrogens is 415 g/mol. The van der Waals surface area contributed by atoms with Gasteiger partial charge in [-0.1, -0.05) is 11.6 Å². The van der Waals surface area contributed by atoms with Crippen LogP contribution in [0.15, 0.2) is 42.7 Å². The third-order valence-corrected chi connectivity index (χ3v) is 6.49. The number of hydrogen-bond acceptors (Lipinski definition) is 4. The van der Waals surface area contributed by atoms with Crippen molar-refractivity contribution >= 4 is 17.3 Å². The van der Waals surface area contributed by atoms with E-state index < -0.39 is 5.82 Å². The molecular formula is C24H26ClFN4O. The van der Waals surface area contributed by atoms with Crippen LogP contribution in [0.2, 0.25) is 5.02 Å². The zero-order chi connectivity index (χ0) is 21.4. The monoisotopic (exact) mass is 440 g/mol. The van der Waals surface area contributed by atoms with Crippen LogP contribution in [0.1, 0.15) is 37.8 Å². The zero-order valence-corrected chi connectivity index (χ0v) is 18.3. The maximum Gasteiger partial charge on any atom is 0.142 e. The van der Waals surface area contributed by atoms with Crippen LogP contribution in [0, 0.1) is 5.82 Å². The number of hydrogen-bond donors (Lipinski definition) is 2. The average molecular weight is 441 g/mol. The van der Waals surface area contributed by atoms with Gasteiger partial charge in [-0.25, -0.2) is 4.39 Å². The lowest BCUT2D eigenvalue weighted by Gasteiger charge is -2.27. The number of fused-ring (bicyclic) bond motifs is 1. The van der Waals surface area contributed by atoms with E-state index in [2.05, 4.69) is 45.7 Å². The Morgan fingerprint density at radius 1 is 1.16 bits per heavy atom. The molecule has 0 aliphatic carbocycles. The van der Waals surface area contributed by atoms with Crippen molar-refractivity contribution in [2.24, 2.45) is 0 Å². The summed E-state index contributed by atoms with van der Waals surface area (Å²) in [7, 11) is 0. The molecule has 1 aromatic heterocycles. The van der Waals surface area contributed by atoms with E-state index in [9.17, 15) is 4.39 Å². The number of benzene rings is 2. The summed E-state index contributed by atoms with van der Waals surface area (Å²) >= 11 is 6.00. The van der Waals surface area contributed by atoms with Crippen molar-refractivity contribution < 1.29 is 9.13 Å². The van der Waals surface area contributed by atoms with Crippen molar-refractivity contribution in [3.05, 3.63) is 59.1 Å². The van der Waals surface area contributed by atoms with Crippen LogP contribution in [-0.2, 0) is 6.42 Å². The molecule has 5 rings (SSSR count). The minimum absolute atomic E-state index is 0.0503. The topological polar surface area (TPSA) is 51.1 Å². The van der Waals surface area contributed by atoms with Crippen LogP contribution in [-0.4, -0.2) is 28.9 Å². The highest BCUT2D eigenvalue weighted by molar-refractivity contribution is 6.30. The fourth-order valence-corrected chi connectivity index (χ4v) is 4.63. The number of halogens is 2. The Bertz CT molecular complexity index is 1090. The summed E-state index contributed by atoms with van der Waals surface area (Å²) in [5.74, 6) is 0.845. The van der Waals surface area contributed by atoms with E-state index in [1.807, 2.05) is 6.20 Å². The van der Waals surface area contributed by atoms with Gasteiger partial charge in [0.25, 0.3) is 0 Å². The lowest BCUT2D eigenvalue weighted by molar-refractivity contribution is 0.343. The van der Waals surface area contributed by atoms with Crippen LogP contribution in [0.4, 0.5) is 10.1 Å². The second-order valence-electron chi connectivity index (χ2n) is 8.42. The van der Waals surface area contributed by atoms with E-state index in [0.717, 1.165) is 66.9 Å². The zero-order valence-electron chi connectivity index (χ0n) is 17.5. The molecule has 5 nitrogen and oxygen atoms in total. The summed E-state index contributed by atoms with van der Waals surface area (Å²) in [5, 5.41) is 11.7. The second-order valence-corrected chi connectivity index (χ2v) is 8.83. The Morgan fingerprint density at radius 3 is 2.81 bits per heavy atom. The molecule has 0 unspecified atom stereocenters. The van der Waals surface area contributed by atoms with E-state index in [4.69, 9.17) is 16.3 Å². The number of nitrogens with zero attached hydrogens (tertiary/aromatic N) is 2. The molecule has 3 heterocycles. The first-order valence-electron chi connectivity index (χ1n) is 10.9. The number of aromatic nitrogens is 2. The van der Waals surface area contributed by atoms with E-state index >= 15 is 0 Å². The van der Waals surface area contributed by atoms with Crippen LogP contribution in [0.3, 0.4) is 0 Å². The van der Waals surface area contributed by atoms with Gasteiger partial charge in [-0.3, -0.25) is 4.68 Å². The van der Waals surface area contributed by atoms with E-state index in [1.54, 1.807) is 6.07 Å². The van der Waals surface area contributed by atoms with Crippen molar-refractivity contribution in [2.45, 2.75) is 44.7 Å². The van der Waals surface area contributed by atoms with Gasteiger partial charge in [0.05, 0.1) is 17.3 Å². The highest BCUT2D eigenvalue weighted by Gasteiger charge is 2.24. The first-order chi connectivity index (χ1) is 15.1. The Morgan fingerprint density at radius 2 is 2.00 bits per heavy atom. The number of piperidine rings is 1. The Balaban J connectivity index is 1.55. The minimum atomic E-state index is -0.455. The first-order valence-corrected chi connectivity index (χ1v) is 11.3. The molecule has 31 heavy (non-hydrogen) atoms. The summed E-state index contributed by atoms with van der Waals surface area (Å²) in [5.41, 5.74) is 4.21. The molecule has 2 aliphatic rings. The quantitative estimate of drug-likeness (QED) is 0.537. The summed E-state index contributed by atoms with van der Waals surface area (Å²) in [6.45, 7) is 4.21. The molecule has 0 saturated carbocycles. The number of ether oxygens (including phenoxy) is 1. The summed E-state index contributed by atoms with van der Waals surface area (Å²) in [4.78, 5) is 0. The van der Waals surface area contributed by atoms with Gasteiger partial charge in [-0.15, -0.1) is 0 Å².